The minimum Gasteiger partial charge on any atom is -0.486 e. The molecule has 6 unspecified atom stereocenters. The van der Waals surface area contributed by atoms with Crippen LogP contribution in [0.15, 0.2) is 327 Å². The molecule has 0 aliphatic carbocycles. The summed E-state index contributed by atoms with van der Waals surface area (Å²) >= 11 is 0. The van der Waals surface area contributed by atoms with Crippen molar-refractivity contribution in [2.75, 3.05) is 80.9 Å². The molecule has 12 nitrogen and oxygen atoms in total. The molecule has 0 bridgehead atoms. The van der Waals surface area contributed by atoms with E-state index in [9.17, 15) is 79.0 Å². The van der Waals surface area contributed by atoms with E-state index in [1.54, 1.807) is 16.7 Å². The third-order valence-electron chi connectivity index (χ3n) is 14.2. The fourth-order valence-electron chi connectivity index (χ4n) is 8.56. The summed E-state index contributed by atoms with van der Waals surface area (Å²) in [4.78, 5) is 0. The summed E-state index contributed by atoms with van der Waals surface area (Å²) in [5.41, 5.74) is -15.1. The standard InChI is InChI=1S/6C17H18F3NO/c6*1-21-12-11-16(13-5-3-2-4-6-13)22-15-9-7-14(8-10-15)17(18,19)20/h6*2-10,16,21H,11-12H2,1H3/i1D3,2D,3D,4D,5D,6D,7D,8D,9D,10D,11D2,12D2;1D3,2D,3D,4D,5D,6D,7D,8D,9D,10D,12D2;1D3,2D,3D,4D,5D,6D,7D,8D,9D,10D,11D2;1D3,2D,3D,4D,5D,6D,7D,8D,9D,10D;1D3,7D,8D,9D,10D,11D2,12D2,16D;1D3,7D,8D,9D,10D,12D2,16D. The summed E-state index contributed by atoms with van der Waals surface area (Å²) in [5, 5.41) is 10.0. The van der Waals surface area contributed by atoms with Gasteiger partial charge in [-0.15, -0.1) is 0 Å². The van der Waals surface area contributed by atoms with Crippen molar-refractivity contribution in [2.45, 2.75) is 112 Å². The van der Waals surface area contributed by atoms with Gasteiger partial charge in [-0.05, 0) is 259 Å². The van der Waals surface area contributed by atoms with E-state index in [4.69, 9.17) is 135 Å². The zero-order valence-corrected chi connectivity index (χ0v) is 65.4. The predicted octanol–water partition coefficient (Wildman–Crippen LogP) is 26.6. The van der Waals surface area contributed by atoms with Gasteiger partial charge in [0.2, 0.25) is 0 Å². The van der Waals surface area contributed by atoms with Crippen molar-refractivity contribution in [1.29, 1.82) is 0 Å². The normalized spacial score (nSPS) is 23.2. The first-order valence-electron chi connectivity index (χ1n) is 74.2. The van der Waals surface area contributed by atoms with E-state index >= 15 is 0 Å². The fraction of sp³-hybridized carbons (Fsp3) is 0.294. The molecular formula is C102H108F18N6O6. The van der Waals surface area contributed by atoms with Crippen molar-refractivity contribution in [3.8, 4) is 34.5 Å². The molecule has 0 amide bonds. The van der Waals surface area contributed by atoms with Gasteiger partial charge in [0, 0.05) is 82.2 Å². The second-order valence-electron chi connectivity index (χ2n) is 23.3. The molecule has 0 radical (unpaired) electrons. The molecule has 0 fully saturated rings. The maximum Gasteiger partial charge on any atom is 0.416 e. The summed E-state index contributed by atoms with van der Waals surface area (Å²) < 4.78 is 876. The molecule has 0 aromatic heterocycles. The zero-order chi connectivity index (χ0) is 164. The van der Waals surface area contributed by atoms with Gasteiger partial charge in [0.1, 0.15) is 71.1 Å². The molecule has 0 aliphatic heterocycles. The fourth-order valence-corrected chi connectivity index (χ4v) is 8.56. The van der Waals surface area contributed by atoms with E-state index in [1.165, 1.54) is 53.1 Å². The lowest BCUT2D eigenvalue weighted by molar-refractivity contribution is -0.138. The summed E-state index contributed by atoms with van der Waals surface area (Å²) in [6, 6.07) is -39.7. The number of halogens is 18. The van der Waals surface area contributed by atoms with E-state index in [0.29, 0.717) is 0 Å². The van der Waals surface area contributed by atoms with E-state index in [0.717, 1.165) is 12.1 Å². The molecule has 6 atom stereocenters. The smallest absolute Gasteiger partial charge is 0.416 e. The van der Waals surface area contributed by atoms with Crippen molar-refractivity contribution in [3.05, 3.63) is 393 Å². The number of hydrogen-bond acceptors (Lipinski definition) is 12. The second-order valence-corrected chi connectivity index (χ2v) is 23.3. The second kappa shape index (κ2) is 54.7. The maximum absolute atomic E-state index is 13.3. The Bertz CT molecular complexity index is 9210. The van der Waals surface area contributed by atoms with Crippen LogP contribution in [0, 0.1) is 0 Å². The van der Waals surface area contributed by atoms with Crippen LogP contribution in [0.2, 0.25) is 0 Å². The molecule has 0 saturated carbocycles. The number of nitrogens with one attached hydrogen (secondary N) is 6. The summed E-state index contributed by atoms with van der Waals surface area (Å²) in [7, 11) is 0. The lowest BCUT2D eigenvalue weighted by Crippen LogP contribution is -2.16. The Kier molecular flexibility index (Phi) is 16.9. The molecule has 0 spiro atoms. The molecule has 12 rings (SSSR count). The van der Waals surface area contributed by atoms with E-state index in [1.807, 2.05) is 5.32 Å². The van der Waals surface area contributed by atoms with Gasteiger partial charge in [-0.3, -0.25) is 0 Å². The molecule has 0 heterocycles. The number of benzene rings is 12. The Morgan fingerprint density at radius 1 is 0.242 bits per heavy atom. The van der Waals surface area contributed by atoms with Crippen LogP contribution in [0.4, 0.5) is 79.0 Å². The number of rotatable bonds is 36. The summed E-state index contributed by atoms with van der Waals surface area (Å²) in [6.45, 7) is -32.5. The highest BCUT2D eigenvalue weighted by Gasteiger charge is 2.35. The van der Waals surface area contributed by atoms with Crippen molar-refractivity contribution in [2.24, 2.45) is 0 Å². The predicted molar refractivity (Wildman–Crippen MR) is 479 cm³/mol. The third kappa shape index (κ3) is 38.8. The topological polar surface area (TPSA) is 128 Å². The van der Waals surface area contributed by atoms with Gasteiger partial charge in [-0.2, -0.15) is 79.0 Å². The Morgan fingerprint density at radius 2 is 0.485 bits per heavy atom. The molecule has 0 saturated heterocycles. The number of alkyl halides is 18. The molecular weight excluding hydrogens is 1750 g/mol. The van der Waals surface area contributed by atoms with Crippen LogP contribution in [0.5, 0.6) is 34.5 Å². The Labute approximate surface area is 868 Å². The van der Waals surface area contributed by atoms with Crippen LogP contribution in [0.1, 0.15) is 249 Å². The lowest BCUT2D eigenvalue weighted by Gasteiger charge is -2.20. The van der Waals surface area contributed by atoms with Crippen LogP contribution >= 0.6 is 0 Å². The van der Waals surface area contributed by atoms with E-state index in [2.05, 4.69) is 5.32 Å². The van der Waals surface area contributed by atoms with Crippen LogP contribution in [-0.4, -0.2) is 80.9 Å². The molecule has 12 aromatic carbocycles. The Hall–Kier alpha value is -12.1. The van der Waals surface area contributed by atoms with Gasteiger partial charge in [-0.1, -0.05) is 182 Å². The highest BCUT2D eigenvalue weighted by Crippen LogP contribution is 2.40. The van der Waals surface area contributed by atoms with E-state index < -0.39 is 548 Å². The molecule has 30 heteroatoms. The first kappa shape index (κ1) is 40.8. The monoisotopic (exact) mass is 1930 g/mol. The van der Waals surface area contributed by atoms with Gasteiger partial charge < -0.3 is 60.3 Å². The van der Waals surface area contributed by atoms with Gasteiger partial charge in [0.25, 0.3) is 0 Å². The van der Waals surface area contributed by atoms with E-state index in [-0.39, 0.29) is 12.1 Å². The zero-order valence-electron chi connectivity index (χ0n) is 143. The Morgan fingerprint density at radius 3 is 0.795 bits per heavy atom. The highest BCUT2D eigenvalue weighted by atomic mass is 19.4. The number of hydrogen-bond donors (Lipinski definition) is 6. The first-order valence-corrected chi connectivity index (χ1v) is 35.2. The minimum atomic E-state index is -5.36. The third-order valence-corrected chi connectivity index (χ3v) is 14.2. The first-order chi connectivity index (χ1) is 94.1. The van der Waals surface area contributed by atoms with Crippen LogP contribution in [-0.2, 0) is 37.1 Å². The summed E-state index contributed by atoms with van der Waals surface area (Å²) in [6.07, 6.45) is -59.2. The SMILES string of the molecule is [2H]c1c([2H])c(C(F)(F)F)c([2H])c([2H])c1OC([2H])(CC([2H])([2H])NC([2H])([2H])[2H])c1ccccc1.[2H]c1c([2H])c(C(F)(F)F)c([2H])c([2H])c1OC([2H])(c1ccccc1)C([2H])([2H])C([2H])([2H])NC([2H])([2H])[2H].[2H]c1c([2H])c([2H])c(C(CC([2H])([2H])NC([2H])([2H])[2H])Oc2c([2H])c([2H])c(C(F)(F)F)c([2H])c2[2H])c([2H])c1[2H].[2H]c1c([2H])c([2H])c(C(CCNC([2H])([2H])[2H])Oc2c([2H])c([2H])c(C(F)(F)F)c([2H])c2[2H])c([2H])c1[2H].[2H]c1c([2H])c([2H])c(C(Oc2c([2H])c([2H])c(C(F)(F)F)c([2H])c2[2H])C([2H])([2H])C([2H])([2H])NC([2H])([2H])[2H])c([2H])c1[2H].[2H]c1c([2H])c([2H])c(C(Oc2c([2H])c([2H])c(C(F)(F)F)c([2H])c2[2H])C([2H])([2H])CNC([2H])([2H])[2H])c([2H])c1[2H]. The Balaban J connectivity index is 0.000000333. The average Bonchev–Trinajstić information content (AvgIpc) is 0.721. The molecule has 132 heavy (non-hydrogen) atoms. The van der Waals surface area contributed by atoms with Crippen molar-refractivity contribution in [3.63, 3.8) is 0 Å². The average molecular weight is 1930 g/mol. The summed E-state index contributed by atoms with van der Waals surface area (Å²) in [5.74, 6) is -6.91. The van der Waals surface area contributed by atoms with Gasteiger partial charge in [0.15, 0.2) is 0 Å². The highest BCUT2D eigenvalue weighted by molar-refractivity contribution is 5.37. The van der Waals surface area contributed by atoms with Gasteiger partial charge in [0.05, 0.1) is 96.4 Å². The number of ether oxygens (including phenoxy) is 6. The van der Waals surface area contributed by atoms with Gasteiger partial charge >= 0.3 is 37.1 Å². The molecule has 12 aromatic rings. The van der Waals surface area contributed by atoms with Crippen LogP contribution in [0.3, 0.4) is 0 Å². The van der Waals surface area contributed by atoms with Crippen LogP contribution in [0.25, 0.3) is 0 Å². The lowest BCUT2D eigenvalue weighted by atomic mass is 10.1. The van der Waals surface area contributed by atoms with Crippen molar-refractivity contribution < 1.29 is 214 Å². The minimum absolute atomic E-state index is 0.0621. The largest absolute Gasteiger partial charge is 0.486 e. The molecule has 6 N–H and O–H groups in total. The molecule has 0 aliphatic rings. The maximum atomic E-state index is 13.3. The quantitative estimate of drug-likeness (QED) is 0.0209. The molecule has 708 valence electrons. The van der Waals surface area contributed by atoms with Crippen molar-refractivity contribution in [1.82, 2.24) is 31.9 Å². The van der Waals surface area contributed by atoms with Crippen molar-refractivity contribution >= 4 is 0 Å². The van der Waals surface area contributed by atoms with Crippen LogP contribution < -0.4 is 60.3 Å². The van der Waals surface area contributed by atoms with Gasteiger partial charge in [-0.25, -0.2) is 0 Å².